The van der Waals surface area contributed by atoms with Gasteiger partial charge in [0, 0.05) is 19.6 Å². The van der Waals surface area contributed by atoms with Crippen LogP contribution in [0.4, 0.5) is 0 Å². The monoisotopic (exact) mass is 669 g/mol. The standard InChI is InChI=1S/C37H68NO7P/c1-3-5-7-9-11-13-14-15-16-17-18-19-20-21-23-25-27-29-32-42-34-36(35-44-46(40,41)43-33-31-38)45-37(39)30-28-26-24-22-12-10-8-6-4-2/h5,7,11,13,15-16,18-19,36H,3-4,6,8-10,12,14,17,20-35,38H2,1-2H3,(H,40,41)/b7-5-,13-11-,16-15-,19-18-. The van der Waals surface area contributed by atoms with Gasteiger partial charge < -0.3 is 20.1 Å². The third-order valence-corrected chi connectivity index (χ3v) is 8.24. The van der Waals surface area contributed by atoms with Crippen molar-refractivity contribution in [1.82, 2.24) is 0 Å². The average molecular weight is 670 g/mol. The van der Waals surface area contributed by atoms with E-state index >= 15 is 0 Å². The summed E-state index contributed by atoms with van der Waals surface area (Å²) in [6.07, 6.45) is 38.4. The first-order chi connectivity index (χ1) is 22.4. The SMILES string of the molecule is CC/C=C\C/C=C\C/C=C\C/C=C\CCCCCCCOCC(COP(=O)(O)OCCN)OC(=O)CCCCCCCCCCC. The largest absolute Gasteiger partial charge is 0.472 e. The Morgan fingerprint density at radius 2 is 1.22 bits per heavy atom. The number of phosphoric acid groups is 1. The molecule has 3 N–H and O–H groups in total. The predicted molar refractivity (Wildman–Crippen MR) is 192 cm³/mol. The Labute approximate surface area is 281 Å². The Kier molecular flexibility index (Phi) is 33.6. The highest BCUT2D eigenvalue weighted by molar-refractivity contribution is 7.47. The molecule has 0 fully saturated rings. The number of esters is 1. The van der Waals surface area contributed by atoms with Gasteiger partial charge in [-0.25, -0.2) is 4.57 Å². The summed E-state index contributed by atoms with van der Waals surface area (Å²) in [5, 5.41) is 0. The van der Waals surface area contributed by atoms with E-state index in [-0.39, 0.29) is 32.3 Å². The molecule has 0 saturated carbocycles. The molecule has 2 atom stereocenters. The van der Waals surface area contributed by atoms with Crippen molar-refractivity contribution in [2.45, 2.75) is 148 Å². The maximum absolute atomic E-state index is 12.4. The van der Waals surface area contributed by atoms with Gasteiger partial charge >= 0.3 is 13.8 Å². The van der Waals surface area contributed by atoms with Crippen molar-refractivity contribution in [3.63, 3.8) is 0 Å². The maximum Gasteiger partial charge on any atom is 0.472 e. The van der Waals surface area contributed by atoms with E-state index in [1.165, 1.54) is 51.4 Å². The molecule has 268 valence electrons. The molecule has 9 heteroatoms. The van der Waals surface area contributed by atoms with Crippen LogP contribution in [0.15, 0.2) is 48.6 Å². The van der Waals surface area contributed by atoms with E-state index in [2.05, 4.69) is 62.5 Å². The van der Waals surface area contributed by atoms with Crippen molar-refractivity contribution in [3.8, 4) is 0 Å². The first kappa shape index (κ1) is 44.5. The van der Waals surface area contributed by atoms with Gasteiger partial charge in [-0.1, -0.05) is 133 Å². The van der Waals surface area contributed by atoms with Crippen LogP contribution in [-0.2, 0) is 27.9 Å². The summed E-state index contributed by atoms with van der Waals surface area (Å²) >= 11 is 0. The molecule has 0 aromatic carbocycles. The summed E-state index contributed by atoms with van der Waals surface area (Å²) in [4.78, 5) is 22.3. The van der Waals surface area contributed by atoms with E-state index in [0.29, 0.717) is 13.0 Å². The first-order valence-corrected chi connectivity index (χ1v) is 19.6. The smallest absolute Gasteiger partial charge is 0.457 e. The van der Waals surface area contributed by atoms with Gasteiger partial charge in [0.05, 0.1) is 19.8 Å². The van der Waals surface area contributed by atoms with Crippen molar-refractivity contribution >= 4 is 13.8 Å². The average Bonchev–Trinajstić information content (AvgIpc) is 3.04. The van der Waals surface area contributed by atoms with Crippen molar-refractivity contribution in [2.24, 2.45) is 5.73 Å². The number of nitrogens with two attached hydrogens (primary N) is 1. The van der Waals surface area contributed by atoms with E-state index in [1.54, 1.807) is 0 Å². The molecule has 0 rings (SSSR count). The Bertz CT molecular complexity index is 844. The number of hydrogen-bond donors (Lipinski definition) is 2. The molecule has 0 spiro atoms. The molecule has 0 amide bonds. The lowest BCUT2D eigenvalue weighted by molar-refractivity contribution is -0.154. The third kappa shape index (κ3) is 33.8. The van der Waals surface area contributed by atoms with Crippen LogP contribution in [-0.4, -0.2) is 49.9 Å². The van der Waals surface area contributed by atoms with Gasteiger partial charge in [-0.2, -0.15) is 0 Å². The van der Waals surface area contributed by atoms with Crippen LogP contribution in [0.3, 0.4) is 0 Å². The second-order valence-electron chi connectivity index (χ2n) is 11.7. The zero-order valence-corrected chi connectivity index (χ0v) is 30.2. The second kappa shape index (κ2) is 34.8. The minimum atomic E-state index is -4.27. The summed E-state index contributed by atoms with van der Waals surface area (Å²) in [5.74, 6) is -0.343. The lowest BCUT2D eigenvalue weighted by Gasteiger charge is -2.20. The predicted octanol–water partition coefficient (Wildman–Crippen LogP) is 10.1. The van der Waals surface area contributed by atoms with Gasteiger partial charge in [-0.3, -0.25) is 13.8 Å². The summed E-state index contributed by atoms with van der Waals surface area (Å²) < 4.78 is 33.2. The quantitative estimate of drug-likeness (QED) is 0.0301. The van der Waals surface area contributed by atoms with Crippen LogP contribution < -0.4 is 5.73 Å². The number of rotatable bonds is 34. The molecule has 0 aromatic heterocycles. The van der Waals surface area contributed by atoms with Gasteiger partial charge in [-0.05, 0) is 51.4 Å². The number of hydrogen-bond acceptors (Lipinski definition) is 7. The fourth-order valence-corrected chi connectivity index (χ4v) is 5.40. The topological polar surface area (TPSA) is 117 Å². The summed E-state index contributed by atoms with van der Waals surface area (Å²) in [6, 6.07) is 0. The normalized spacial score (nSPS) is 14.3. The van der Waals surface area contributed by atoms with Crippen LogP contribution in [0.5, 0.6) is 0 Å². The number of phosphoric ester groups is 1. The van der Waals surface area contributed by atoms with E-state index in [9.17, 15) is 14.3 Å². The van der Waals surface area contributed by atoms with Crippen LogP contribution in [0.25, 0.3) is 0 Å². The Morgan fingerprint density at radius 1 is 0.674 bits per heavy atom. The van der Waals surface area contributed by atoms with E-state index in [1.807, 2.05) is 0 Å². The highest BCUT2D eigenvalue weighted by Crippen LogP contribution is 2.43. The molecule has 0 radical (unpaired) electrons. The zero-order chi connectivity index (χ0) is 33.8. The molecule has 8 nitrogen and oxygen atoms in total. The molecule has 2 unspecified atom stereocenters. The molecule has 0 heterocycles. The van der Waals surface area contributed by atoms with Crippen LogP contribution in [0.1, 0.15) is 142 Å². The van der Waals surface area contributed by atoms with Crippen molar-refractivity contribution < 1.29 is 32.8 Å². The first-order valence-electron chi connectivity index (χ1n) is 18.1. The van der Waals surface area contributed by atoms with Gasteiger partial charge in [0.15, 0.2) is 0 Å². The van der Waals surface area contributed by atoms with Crippen molar-refractivity contribution in [1.29, 1.82) is 0 Å². The molecular formula is C37H68NO7P. The summed E-state index contributed by atoms with van der Waals surface area (Å²) in [5.41, 5.74) is 5.34. The Morgan fingerprint density at radius 3 is 1.83 bits per heavy atom. The van der Waals surface area contributed by atoms with Gasteiger partial charge in [0.25, 0.3) is 0 Å². The molecule has 46 heavy (non-hydrogen) atoms. The lowest BCUT2D eigenvalue weighted by atomic mass is 10.1. The van der Waals surface area contributed by atoms with Gasteiger partial charge in [0.2, 0.25) is 0 Å². The third-order valence-electron chi connectivity index (χ3n) is 7.26. The van der Waals surface area contributed by atoms with Gasteiger partial charge in [0.1, 0.15) is 6.10 Å². The van der Waals surface area contributed by atoms with Gasteiger partial charge in [-0.15, -0.1) is 0 Å². The fourth-order valence-electron chi connectivity index (χ4n) is 4.63. The maximum atomic E-state index is 12.4. The van der Waals surface area contributed by atoms with Crippen LogP contribution in [0, 0.1) is 0 Å². The summed E-state index contributed by atoms with van der Waals surface area (Å²) in [7, 11) is -4.27. The number of allylic oxidation sites excluding steroid dienone is 8. The fraction of sp³-hybridized carbons (Fsp3) is 0.757. The highest BCUT2D eigenvalue weighted by atomic mass is 31.2. The second-order valence-corrected chi connectivity index (χ2v) is 13.2. The molecular weight excluding hydrogens is 601 g/mol. The lowest BCUT2D eigenvalue weighted by Crippen LogP contribution is -2.28. The molecule has 0 aliphatic rings. The minimum absolute atomic E-state index is 0.0958. The Hall–Kier alpha value is -1.54. The van der Waals surface area contributed by atoms with Crippen molar-refractivity contribution in [3.05, 3.63) is 48.6 Å². The van der Waals surface area contributed by atoms with E-state index < -0.39 is 13.9 Å². The number of carbonyl (C=O) groups excluding carboxylic acids is 1. The molecule has 0 aliphatic carbocycles. The number of unbranched alkanes of at least 4 members (excludes halogenated alkanes) is 13. The van der Waals surface area contributed by atoms with E-state index in [0.717, 1.165) is 70.6 Å². The zero-order valence-electron chi connectivity index (χ0n) is 29.3. The van der Waals surface area contributed by atoms with Crippen LogP contribution in [0.2, 0.25) is 0 Å². The Balaban J connectivity index is 4.11. The summed E-state index contributed by atoms with van der Waals surface area (Å²) in [6.45, 7) is 4.72. The molecule has 0 aliphatic heterocycles. The number of ether oxygens (including phenoxy) is 2. The van der Waals surface area contributed by atoms with E-state index in [4.69, 9.17) is 24.3 Å². The van der Waals surface area contributed by atoms with Crippen molar-refractivity contribution in [2.75, 3.05) is 33.0 Å². The molecule has 0 bridgehead atoms. The molecule has 0 saturated heterocycles. The van der Waals surface area contributed by atoms with Crippen LogP contribution >= 0.6 is 7.82 Å². The minimum Gasteiger partial charge on any atom is -0.457 e. The number of carbonyl (C=O) groups is 1. The highest BCUT2D eigenvalue weighted by Gasteiger charge is 2.25. The molecule has 0 aromatic rings.